The van der Waals surface area contributed by atoms with E-state index in [2.05, 4.69) is 9.97 Å². The van der Waals surface area contributed by atoms with E-state index in [1.807, 2.05) is 4.90 Å². The normalized spacial score (nSPS) is 19.0. The van der Waals surface area contributed by atoms with Crippen LogP contribution in [-0.4, -0.2) is 35.3 Å². The molecule has 0 N–H and O–H groups in total. The first kappa shape index (κ1) is 16.7. The van der Waals surface area contributed by atoms with Gasteiger partial charge in [-0.25, -0.2) is 19.2 Å². The molecule has 3 heterocycles. The minimum absolute atomic E-state index is 0.0566. The van der Waals surface area contributed by atoms with Crippen LogP contribution in [0.3, 0.4) is 0 Å². The van der Waals surface area contributed by atoms with Crippen LogP contribution >= 0.6 is 0 Å². The number of carbonyl (C=O) groups excluding carboxylic acids is 1. The molecule has 1 aromatic heterocycles. The molecular formula is C18H18FN3O4. The number of esters is 1. The lowest BCUT2D eigenvalue weighted by Crippen LogP contribution is -2.38. The molecule has 0 spiro atoms. The second-order valence-corrected chi connectivity index (χ2v) is 6.17. The van der Waals surface area contributed by atoms with Gasteiger partial charge in [0.2, 0.25) is 5.95 Å². The van der Waals surface area contributed by atoms with Crippen LogP contribution in [0.25, 0.3) is 0 Å². The highest BCUT2D eigenvalue weighted by Gasteiger charge is 2.33. The summed E-state index contributed by atoms with van der Waals surface area (Å²) in [5.41, 5.74) is 1.11. The minimum atomic E-state index is -0.439. The standard InChI is InChI=1S/C18H18FN3O4/c19-14-7-12-9-24-11-26-16(12)13(8-14)10-25-17(23)15-3-1-6-22(15)18-20-4-2-5-21-18/h2,4-5,7-8,15H,1,3,6,9-11H2/t15-/m0/s1. The summed E-state index contributed by atoms with van der Waals surface area (Å²) in [4.78, 5) is 22.8. The Morgan fingerprint density at radius 3 is 3.04 bits per heavy atom. The predicted octanol–water partition coefficient (Wildman–Crippen LogP) is 2.19. The molecule has 1 atom stereocenters. The summed E-state index contributed by atoms with van der Waals surface area (Å²) in [6.45, 7) is 1.01. The quantitative estimate of drug-likeness (QED) is 0.775. The summed E-state index contributed by atoms with van der Waals surface area (Å²) in [5.74, 6) is 0.250. The number of fused-ring (bicyclic) bond motifs is 1. The summed E-state index contributed by atoms with van der Waals surface area (Å²) in [6, 6.07) is 3.98. The molecule has 2 aliphatic rings. The Kier molecular flexibility index (Phi) is 4.66. The SMILES string of the molecule is O=C(OCc1cc(F)cc2c1OCOC2)[C@@H]1CCCN1c1ncccn1. The number of aromatic nitrogens is 2. The highest BCUT2D eigenvalue weighted by molar-refractivity contribution is 5.80. The fourth-order valence-corrected chi connectivity index (χ4v) is 3.30. The lowest BCUT2D eigenvalue weighted by atomic mass is 10.1. The largest absolute Gasteiger partial charge is 0.467 e. The van der Waals surface area contributed by atoms with Gasteiger partial charge in [-0.2, -0.15) is 0 Å². The average molecular weight is 359 g/mol. The van der Waals surface area contributed by atoms with E-state index < -0.39 is 11.9 Å². The van der Waals surface area contributed by atoms with Crippen molar-refractivity contribution in [1.82, 2.24) is 9.97 Å². The number of hydrogen-bond donors (Lipinski definition) is 0. The van der Waals surface area contributed by atoms with Crippen molar-refractivity contribution < 1.29 is 23.4 Å². The molecule has 0 saturated carbocycles. The zero-order valence-electron chi connectivity index (χ0n) is 14.1. The van der Waals surface area contributed by atoms with E-state index in [0.717, 1.165) is 6.42 Å². The van der Waals surface area contributed by atoms with Gasteiger partial charge >= 0.3 is 5.97 Å². The molecule has 0 amide bonds. The van der Waals surface area contributed by atoms with Gasteiger partial charge < -0.3 is 19.1 Å². The van der Waals surface area contributed by atoms with E-state index in [4.69, 9.17) is 14.2 Å². The van der Waals surface area contributed by atoms with E-state index in [1.54, 1.807) is 18.5 Å². The Balaban J connectivity index is 1.47. The molecule has 0 radical (unpaired) electrons. The van der Waals surface area contributed by atoms with Crippen LogP contribution < -0.4 is 9.64 Å². The molecule has 2 aromatic rings. The first-order valence-electron chi connectivity index (χ1n) is 8.44. The van der Waals surface area contributed by atoms with Crippen LogP contribution in [0.2, 0.25) is 0 Å². The Hall–Kier alpha value is -2.74. The van der Waals surface area contributed by atoms with Gasteiger partial charge in [0.25, 0.3) is 0 Å². The fourth-order valence-electron chi connectivity index (χ4n) is 3.30. The third-order valence-corrected chi connectivity index (χ3v) is 4.46. The molecule has 0 aliphatic carbocycles. The highest BCUT2D eigenvalue weighted by atomic mass is 19.1. The van der Waals surface area contributed by atoms with Crippen LogP contribution in [0.15, 0.2) is 30.6 Å². The molecule has 1 saturated heterocycles. The van der Waals surface area contributed by atoms with Crippen molar-refractivity contribution in [2.24, 2.45) is 0 Å². The average Bonchev–Trinajstić information content (AvgIpc) is 3.16. The number of rotatable bonds is 4. The van der Waals surface area contributed by atoms with Crippen LogP contribution in [0, 0.1) is 5.82 Å². The van der Waals surface area contributed by atoms with Gasteiger partial charge in [-0.05, 0) is 31.0 Å². The molecule has 8 heteroatoms. The minimum Gasteiger partial charge on any atom is -0.467 e. The molecule has 4 rings (SSSR count). The van der Waals surface area contributed by atoms with Crippen LogP contribution in [-0.2, 0) is 27.5 Å². The van der Waals surface area contributed by atoms with Crippen LogP contribution in [0.1, 0.15) is 24.0 Å². The van der Waals surface area contributed by atoms with E-state index in [1.165, 1.54) is 12.1 Å². The zero-order valence-corrected chi connectivity index (χ0v) is 14.1. The molecular weight excluding hydrogens is 341 g/mol. The Morgan fingerprint density at radius 2 is 2.19 bits per heavy atom. The molecule has 0 bridgehead atoms. The van der Waals surface area contributed by atoms with E-state index in [-0.39, 0.29) is 26.0 Å². The molecule has 1 fully saturated rings. The maximum Gasteiger partial charge on any atom is 0.329 e. The lowest BCUT2D eigenvalue weighted by molar-refractivity contribution is -0.146. The Labute approximate surface area is 149 Å². The molecule has 26 heavy (non-hydrogen) atoms. The van der Waals surface area contributed by atoms with Gasteiger partial charge in [-0.3, -0.25) is 0 Å². The van der Waals surface area contributed by atoms with E-state index in [9.17, 15) is 9.18 Å². The highest BCUT2D eigenvalue weighted by Crippen LogP contribution is 2.30. The lowest BCUT2D eigenvalue weighted by Gasteiger charge is -2.24. The van der Waals surface area contributed by atoms with Crippen LogP contribution in [0.4, 0.5) is 10.3 Å². The molecule has 0 unspecified atom stereocenters. The van der Waals surface area contributed by atoms with Crippen molar-refractivity contribution in [3.63, 3.8) is 0 Å². The van der Waals surface area contributed by atoms with E-state index in [0.29, 0.717) is 35.8 Å². The van der Waals surface area contributed by atoms with E-state index >= 15 is 0 Å². The summed E-state index contributed by atoms with van der Waals surface area (Å²) >= 11 is 0. The second kappa shape index (κ2) is 7.25. The topological polar surface area (TPSA) is 73.8 Å². The summed E-state index contributed by atoms with van der Waals surface area (Å²) < 4.78 is 29.9. The van der Waals surface area contributed by atoms with Gasteiger partial charge in [0.1, 0.15) is 24.2 Å². The smallest absolute Gasteiger partial charge is 0.329 e. The van der Waals surface area contributed by atoms with Crippen molar-refractivity contribution in [2.45, 2.75) is 32.1 Å². The molecule has 2 aliphatic heterocycles. The van der Waals surface area contributed by atoms with Gasteiger partial charge in [-0.1, -0.05) is 0 Å². The van der Waals surface area contributed by atoms with Crippen molar-refractivity contribution in [2.75, 3.05) is 18.2 Å². The summed E-state index contributed by atoms with van der Waals surface area (Å²) in [5, 5.41) is 0. The van der Waals surface area contributed by atoms with Crippen molar-refractivity contribution in [3.05, 3.63) is 47.5 Å². The molecule has 7 nitrogen and oxygen atoms in total. The number of hydrogen-bond acceptors (Lipinski definition) is 7. The second-order valence-electron chi connectivity index (χ2n) is 6.17. The number of carbonyl (C=O) groups is 1. The third kappa shape index (κ3) is 3.32. The number of anilines is 1. The van der Waals surface area contributed by atoms with Gasteiger partial charge in [-0.15, -0.1) is 0 Å². The Bertz CT molecular complexity index is 803. The van der Waals surface area contributed by atoms with Crippen molar-refractivity contribution in [3.8, 4) is 5.75 Å². The van der Waals surface area contributed by atoms with Crippen molar-refractivity contribution >= 4 is 11.9 Å². The Morgan fingerprint density at radius 1 is 1.35 bits per heavy atom. The maximum atomic E-state index is 13.8. The monoisotopic (exact) mass is 359 g/mol. The van der Waals surface area contributed by atoms with Gasteiger partial charge in [0.05, 0.1) is 6.61 Å². The number of ether oxygens (including phenoxy) is 3. The van der Waals surface area contributed by atoms with Gasteiger partial charge in [0, 0.05) is 30.1 Å². The number of nitrogens with zero attached hydrogens (tertiary/aromatic N) is 3. The first-order valence-corrected chi connectivity index (χ1v) is 8.44. The summed E-state index contributed by atoms with van der Waals surface area (Å²) in [7, 11) is 0. The maximum absolute atomic E-state index is 13.8. The van der Waals surface area contributed by atoms with Crippen LogP contribution in [0.5, 0.6) is 5.75 Å². The predicted molar refractivity (Wildman–Crippen MR) is 88.9 cm³/mol. The third-order valence-electron chi connectivity index (χ3n) is 4.46. The fraction of sp³-hybridized carbons (Fsp3) is 0.389. The first-order chi connectivity index (χ1) is 12.7. The number of halogens is 1. The van der Waals surface area contributed by atoms with Crippen molar-refractivity contribution in [1.29, 1.82) is 0 Å². The molecule has 1 aromatic carbocycles. The summed E-state index contributed by atoms with van der Waals surface area (Å²) in [6.07, 6.45) is 4.81. The molecule has 136 valence electrons. The zero-order chi connectivity index (χ0) is 17.9. The van der Waals surface area contributed by atoms with Gasteiger partial charge in [0.15, 0.2) is 6.79 Å². The number of benzene rings is 1.